The van der Waals surface area contributed by atoms with Crippen LogP contribution in [0.5, 0.6) is 0 Å². The van der Waals surface area contributed by atoms with Gasteiger partial charge in [0, 0.05) is 18.1 Å². The van der Waals surface area contributed by atoms with Crippen LogP contribution in [0.1, 0.15) is 26.2 Å². The second kappa shape index (κ2) is 5.74. The highest BCUT2D eigenvalue weighted by Crippen LogP contribution is 2.35. The molecule has 0 saturated carbocycles. The van der Waals surface area contributed by atoms with E-state index in [-0.39, 0.29) is 5.91 Å². The Morgan fingerprint density at radius 3 is 2.78 bits per heavy atom. The van der Waals surface area contributed by atoms with Crippen molar-refractivity contribution < 1.29 is 4.79 Å². The molecule has 0 saturated heterocycles. The molecule has 1 aromatic carbocycles. The summed E-state index contributed by atoms with van der Waals surface area (Å²) in [5.74, 6) is 0.168. The van der Waals surface area contributed by atoms with Crippen molar-refractivity contribution in [3.63, 3.8) is 0 Å². The minimum Gasteiger partial charge on any atom is -0.360 e. The fourth-order valence-electron chi connectivity index (χ4n) is 2.27. The Bertz CT molecular complexity index is 447. The van der Waals surface area contributed by atoms with Gasteiger partial charge in [-0.15, -0.1) is 0 Å². The van der Waals surface area contributed by atoms with E-state index in [1.54, 1.807) is 4.90 Å². The monoisotopic (exact) mass is 310 g/mol. The van der Waals surface area contributed by atoms with Crippen LogP contribution in [-0.4, -0.2) is 26.0 Å². The number of likely N-dealkylation sites (N-methyl/N-ethyl adjacent to an activating group) is 1. The molecule has 1 amide bonds. The van der Waals surface area contributed by atoms with Crippen molar-refractivity contribution in [1.82, 2.24) is 0 Å². The third-order valence-electron chi connectivity index (χ3n) is 3.37. The minimum atomic E-state index is 0.168. The lowest BCUT2D eigenvalue weighted by atomic mass is 10.1. The summed E-state index contributed by atoms with van der Waals surface area (Å²) in [6.45, 7) is 3.64. The number of fused-ring (bicyclic) bond motifs is 1. The van der Waals surface area contributed by atoms with E-state index >= 15 is 0 Å². The quantitative estimate of drug-likeness (QED) is 0.796. The van der Waals surface area contributed by atoms with Gasteiger partial charge >= 0.3 is 0 Å². The molecule has 0 radical (unpaired) electrons. The lowest BCUT2D eigenvalue weighted by Gasteiger charge is -2.35. The van der Waals surface area contributed by atoms with E-state index in [1.807, 2.05) is 19.2 Å². The van der Waals surface area contributed by atoms with Gasteiger partial charge in [0.25, 0.3) is 0 Å². The van der Waals surface area contributed by atoms with Crippen LogP contribution in [-0.2, 0) is 4.79 Å². The first-order valence-corrected chi connectivity index (χ1v) is 7.24. The first-order chi connectivity index (χ1) is 8.63. The summed E-state index contributed by atoms with van der Waals surface area (Å²) < 4.78 is 1.06. The number of amides is 1. The van der Waals surface area contributed by atoms with Gasteiger partial charge in [-0.1, -0.05) is 35.7 Å². The maximum absolute atomic E-state index is 12.0. The number of rotatable bonds is 4. The van der Waals surface area contributed by atoms with Crippen LogP contribution in [0.3, 0.4) is 0 Å². The van der Waals surface area contributed by atoms with Crippen LogP contribution in [0.4, 0.5) is 11.4 Å². The zero-order valence-corrected chi connectivity index (χ0v) is 12.5. The number of hydrogen-bond donors (Lipinski definition) is 0. The van der Waals surface area contributed by atoms with Crippen molar-refractivity contribution >= 4 is 33.2 Å². The van der Waals surface area contributed by atoms with Crippen LogP contribution in [0.2, 0.25) is 0 Å². The van der Waals surface area contributed by atoms with Gasteiger partial charge in [0.05, 0.1) is 17.9 Å². The Hall–Kier alpha value is -1.03. The van der Waals surface area contributed by atoms with Crippen molar-refractivity contribution in [3.8, 4) is 0 Å². The second-order valence-corrected chi connectivity index (χ2v) is 5.63. The second-order valence-electron chi connectivity index (χ2n) is 4.71. The summed E-state index contributed by atoms with van der Waals surface area (Å²) >= 11 is 3.50. The number of halogens is 1. The average Bonchev–Trinajstić information content (AvgIpc) is 2.35. The number of benzene rings is 1. The van der Waals surface area contributed by atoms with Crippen LogP contribution >= 0.6 is 15.9 Å². The van der Waals surface area contributed by atoms with Crippen molar-refractivity contribution in [2.24, 2.45) is 0 Å². The summed E-state index contributed by atoms with van der Waals surface area (Å²) in [5.41, 5.74) is 2.16. The average molecular weight is 311 g/mol. The van der Waals surface area contributed by atoms with Gasteiger partial charge in [-0.25, -0.2) is 0 Å². The van der Waals surface area contributed by atoms with Crippen LogP contribution in [0.15, 0.2) is 22.7 Å². The van der Waals surface area contributed by atoms with Crippen LogP contribution < -0.4 is 9.80 Å². The summed E-state index contributed by atoms with van der Waals surface area (Å²) in [6, 6.07) is 6.09. The molecule has 0 unspecified atom stereocenters. The molecule has 0 fully saturated rings. The molecule has 0 N–H and O–H groups in total. The molecular weight excluding hydrogens is 292 g/mol. The Kier molecular flexibility index (Phi) is 4.27. The van der Waals surface area contributed by atoms with Crippen LogP contribution in [0, 0.1) is 0 Å². The van der Waals surface area contributed by atoms with Gasteiger partial charge in [0.15, 0.2) is 0 Å². The summed E-state index contributed by atoms with van der Waals surface area (Å²) in [4.78, 5) is 15.9. The molecule has 0 aliphatic carbocycles. The third kappa shape index (κ3) is 2.69. The number of anilines is 2. The summed E-state index contributed by atoms with van der Waals surface area (Å²) in [6.07, 6.45) is 3.55. The van der Waals surface area contributed by atoms with Gasteiger partial charge in [0.2, 0.25) is 5.91 Å². The largest absolute Gasteiger partial charge is 0.360 e. The van der Waals surface area contributed by atoms with E-state index < -0.39 is 0 Å². The highest BCUT2D eigenvalue weighted by atomic mass is 79.9. The smallest absolute Gasteiger partial charge is 0.246 e. The minimum absolute atomic E-state index is 0.168. The number of unbranched alkanes of at least 4 members (excludes halogenated alkanes) is 2. The van der Waals surface area contributed by atoms with Crippen molar-refractivity contribution in [2.45, 2.75) is 26.2 Å². The molecule has 0 atom stereocenters. The van der Waals surface area contributed by atoms with Crippen molar-refractivity contribution in [3.05, 3.63) is 22.7 Å². The van der Waals surface area contributed by atoms with E-state index in [9.17, 15) is 4.79 Å². The number of hydrogen-bond acceptors (Lipinski definition) is 2. The highest BCUT2D eigenvalue weighted by Gasteiger charge is 2.26. The summed E-state index contributed by atoms with van der Waals surface area (Å²) in [7, 11) is 1.85. The van der Waals surface area contributed by atoms with Gasteiger partial charge < -0.3 is 9.80 Å². The van der Waals surface area contributed by atoms with Crippen molar-refractivity contribution in [2.75, 3.05) is 29.9 Å². The third-order valence-corrected chi connectivity index (χ3v) is 3.86. The molecule has 1 aliphatic rings. The standard InChI is InChI=1S/C14H19BrN2O/c1-3-4-5-8-17-10-14(18)16(2)12-7-6-11(15)9-13(12)17/h6-7,9H,3-5,8,10H2,1-2H3. The number of carbonyl (C=O) groups excluding carboxylic acids is 1. The van der Waals surface area contributed by atoms with E-state index in [2.05, 4.69) is 33.8 Å². The molecular formula is C14H19BrN2O. The molecule has 4 heteroatoms. The molecule has 3 nitrogen and oxygen atoms in total. The molecule has 2 rings (SSSR count). The lowest BCUT2D eigenvalue weighted by Crippen LogP contribution is -2.44. The maximum Gasteiger partial charge on any atom is 0.246 e. The van der Waals surface area contributed by atoms with Crippen LogP contribution in [0.25, 0.3) is 0 Å². The van der Waals surface area contributed by atoms with E-state index in [0.717, 1.165) is 28.8 Å². The Morgan fingerprint density at radius 2 is 2.06 bits per heavy atom. The number of nitrogens with zero attached hydrogens (tertiary/aromatic N) is 2. The molecule has 1 heterocycles. The predicted molar refractivity (Wildman–Crippen MR) is 79.3 cm³/mol. The summed E-state index contributed by atoms with van der Waals surface area (Å²) in [5, 5.41) is 0. The van der Waals surface area contributed by atoms with Gasteiger partial charge in [0.1, 0.15) is 0 Å². The fraction of sp³-hybridized carbons (Fsp3) is 0.500. The molecule has 0 bridgehead atoms. The normalized spacial score (nSPS) is 14.9. The fourth-order valence-corrected chi connectivity index (χ4v) is 2.62. The molecule has 1 aliphatic heterocycles. The maximum atomic E-state index is 12.0. The molecule has 18 heavy (non-hydrogen) atoms. The SMILES string of the molecule is CCCCCN1CC(=O)N(C)c2ccc(Br)cc21. The Balaban J connectivity index is 2.25. The molecule has 0 aromatic heterocycles. The predicted octanol–water partition coefficient (Wildman–Crippen LogP) is 3.42. The van der Waals surface area contributed by atoms with Gasteiger partial charge in [-0.2, -0.15) is 0 Å². The van der Waals surface area contributed by atoms with Gasteiger partial charge in [-0.3, -0.25) is 4.79 Å². The van der Waals surface area contributed by atoms with Gasteiger partial charge in [-0.05, 0) is 24.6 Å². The zero-order valence-electron chi connectivity index (χ0n) is 10.9. The number of carbonyl (C=O) groups is 1. The Morgan fingerprint density at radius 1 is 1.28 bits per heavy atom. The highest BCUT2D eigenvalue weighted by molar-refractivity contribution is 9.10. The molecule has 98 valence electrons. The van der Waals surface area contributed by atoms with E-state index in [0.29, 0.717) is 6.54 Å². The Labute approximate surface area is 117 Å². The lowest BCUT2D eigenvalue weighted by molar-refractivity contribution is -0.117. The molecule has 1 aromatic rings. The topological polar surface area (TPSA) is 23.6 Å². The van der Waals surface area contributed by atoms with E-state index in [1.165, 1.54) is 12.8 Å². The van der Waals surface area contributed by atoms with E-state index in [4.69, 9.17) is 0 Å². The molecule has 0 spiro atoms. The van der Waals surface area contributed by atoms with Crippen molar-refractivity contribution in [1.29, 1.82) is 0 Å². The first-order valence-electron chi connectivity index (χ1n) is 6.44. The first kappa shape index (κ1) is 13.4. The zero-order chi connectivity index (χ0) is 13.1.